The maximum absolute atomic E-state index is 4.13. The summed E-state index contributed by atoms with van der Waals surface area (Å²) in [7, 11) is 0. The van der Waals surface area contributed by atoms with Crippen LogP contribution < -0.4 is 5.32 Å². The van der Waals surface area contributed by atoms with Crippen LogP contribution in [0.2, 0.25) is 0 Å². The predicted molar refractivity (Wildman–Crippen MR) is 82.5 cm³/mol. The van der Waals surface area contributed by atoms with Crippen LogP contribution >= 0.6 is 0 Å². The molecule has 0 aliphatic carbocycles. The van der Waals surface area contributed by atoms with Crippen LogP contribution in [0, 0.1) is 13.8 Å². The van der Waals surface area contributed by atoms with Crippen LogP contribution in [0.3, 0.4) is 0 Å². The summed E-state index contributed by atoms with van der Waals surface area (Å²) in [6.07, 6.45) is 1.06. The number of rotatable bonds is 4. The van der Waals surface area contributed by atoms with Crippen molar-refractivity contribution >= 4 is 0 Å². The van der Waals surface area contributed by atoms with Crippen molar-refractivity contribution in [3.05, 3.63) is 47.0 Å². The summed E-state index contributed by atoms with van der Waals surface area (Å²) in [5.41, 5.74) is 5.49. The number of benzene rings is 1. The molecule has 1 fully saturated rings. The topological polar surface area (TPSA) is 15.3 Å². The lowest BCUT2D eigenvalue weighted by Crippen LogP contribution is -2.45. The van der Waals surface area contributed by atoms with Crippen molar-refractivity contribution in [3.8, 4) is 0 Å². The normalized spacial score (nSPS) is 18.3. The molecule has 104 valence electrons. The minimum absolute atomic E-state index is 0.486. The molecule has 19 heavy (non-hydrogen) atoms. The van der Waals surface area contributed by atoms with Gasteiger partial charge in [-0.15, -0.1) is 6.58 Å². The fraction of sp³-hybridized carbons (Fsp3) is 0.529. The summed E-state index contributed by atoms with van der Waals surface area (Å²) in [5, 5.41) is 3.44. The summed E-state index contributed by atoms with van der Waals surface area (Å²) in [5.74, 6) is 0. The first-order valence-corrected chi connectivity index (χ1v) is 7.24. The van der Waals surface area contributed by atoms with E-state index in [0.29, 0.717) is 6.04 Å². The molecule has 2 nitrogen and oxygen atoms in total. The second kappa shape index (κ2) is 6.36. The van der Waals surface area contributed by atoms with E-state index in [1.54, 1.807) is 0 Å². The van der Waals surface area contributed by atoms with Gasteiger partial charge in [0.1, 0.15) is 0 Å². The smallest absolute Gasteiger partial charge is 0.0388 e. The molecule has 1 saturated heterocycles. The number of piperazine rings is 1. The van der Waals surface area contributed by atoms with Crippen molar-refractivity contribution in [2.45, 2.75) is 33.2 Å². The third kappa shape index (κ3) is 3.68. The lowest BCUT2D eigenvalue weighted by Gasteiger charge is -2.36. The van der Waals surface area contributed by atoms with Gasteiger partial charge in [0.15, 0.2) is 0 Å². The Morgan fingerprint density at radius 2 is 2.00 bits per heavy atom. The fourth-order valence-electron chi connectivity index (χ4n) is 2.88. The van der Waals surface area contributed by atoms with E-state index in [-0.39, 0.29) is 0 Å². The molecule has 1 N–H and O–H groups in total. The van der Waals surface area contributed by atoms with Gasteiger partial charge in [0.25, 0.3) is 0 Å². The van der Waals surface area contributed by atoms with Crippen LogP contribution in [-0.2, 0) is 0 Å². The van der Waals surface area contributed by atoms with Crippen LogP contribution in [0.25, 0.3) is 0 Å². The van der Waals surface area contributed by atoms with E-state index in [9.17, 15) is 0 Å². The quantitative estimate of drug-likeness (QED) is 0.834. The van der Waals surface area contributed by atoms with Gasteiger partial charge in [-0.25, -0.2) is 0 Å². The molecular formula is C17H26N2. The van der Waals surface area contributed by atoms with Gasteiger partial charge in [-0.3, -0.25) is 4.90 Å². The zero-order valence-corrected chi connectivity index (χ0v) is 12.5. The highest BCUT2D eigenvalue weighted by Crippen LogP contribution is 2.30. The molecule has 1 aliphatic heterocycles. The molecular weight excluding hydrogens is 232 g/mol. The molecule has 1 heterocycles. The van der Waals surface area contributed by atoms with E-state index < -0.39 is 0 Å². The number of nitrogens with one attached hydrogen (secondary N) is 1. The molecule has 1 atom stereocenters. The Labute approximate surface area is 117 Å². The summed E-state index contributed by atoms with van der Waals surface area (Å²) in [6.45, 7) is 15.1. The highest BCUT2D eigenvalue weighted by atomic mass is 15.2. The van der Waals surface area contributed by atoms with Gasteiger partial charge in [0.2, 0.25) is 0 Å². The van der Waals surface area contributed by atoms with Crippen LogP contribution in [0.1, 0.15) is 36.1 Å². The predicted octanol–water partition coefficient (Wildman–Crippen LogP) is 3.22. The number of aryl methyl sites for hydroxylation is 2. The molecule has 2 heteroatoms. The first-order valence-electron chi connectivity index (χ1n) is 7.24. The number of hydrogen-bond acceptors (Lipinski definition) is 2. The molecule has 0 amide bonds. The van der Waals surface area contributed by atoms with Gasteiger partial charge >= 0.3 is 0 Å². The third-order valence-electron chi connectivity index (χ3n) is 3.93. The summed E-state index contributed by atoms with van der Waals surface area (Å²) in [6, 6.07) is 7.29. The maximum atomic E-state index is 4.13. The average Bonchev–Trinajstić information content (AvgIpc) is 2.40. The lowest BCUT2D eigenvalue weighted by atomic mass is 9.93. The van der Waals surface area contributed by atoms with Gasteiger partial charge < -0.3 is 5.32 Å². The highest BCUT2D eigenvalue weighted by molar-refractivity contribution is 5.34. The first-order chi connectivity index (χ1) is 9.08. The zero-order chi connectivity index (χ0) is 13.8. The molecule has 1 aromatic carbocycles. The Bertz CT molecular complexity index is 445. The Hall–Kier alpha value is -1.12. The molecule has 2 rings (SSSR count). The molecule has 0 spiro atoms. The number of nitrogens with zero attached hydrogens (tertiary/aromatic N) is 1. The van der Waals surface area contributed by atoms with E-state index >= 15 is 0 Å². The van der Waals surface area contributed by atoms with Gasteiger partial charge in [0, 0.05) is 32.2 Å². The van der Waals surface area contributed by atoms with Crippen molar-refractivity contribution in [2.75, 3.05) is 26.2 Å². The highest BCUT2D eigenvalue weighted by Gasteiger charge is 2.23. The molecule has 0 saturated carbocycles. The van der Waals surface area contributed by atoms with E-state index in [1.165, 1.54) is 22.3 Å². The van der Waals surface area contributed by atoms with E-state index in [2.05, 4.69) is 55.8 Å². The van der Waals surface area contributed by atoms with Crippen LogP contribution in [0.15, 0.2) is 30.4 Å². The lowest BCUT2D eigenvalue weighted by molar-refractivity contribution is 0.172. The van der Waals surface area contributed by atoms with Crippen molar-refractivity contribution in [2.24, 2.45) is 0 Å². The Morgan fingerprint density at radius 3 is 2.63 bits per heavy atom. The third-order valence-corrected chi connectivity index (χ3v) is 3.93. The molecule has 1 aromatic rings. The van der Waals surface area contributed by atoms with E-state index in [1.807, 2.05) is 0 Å². The SMILES string of the molecule is C=C(C)C[C@H](c1cc(C)ccc1C)N1CCNCC1. The second-order valence-electron chi connectivity index (χ2n) is 5.82. The average molecular weight is 258 g/mol. The maximum Gasteiger partial charge on any atom is 0.0388 e. The second-order valence-corrected chi connectivity index (χ2v) is 5.82. The van der Waals surface area contributed by atoms with Crippen molar-refractivity contribution in [3.63, 3.8) is 0 Å². The summed E-state index contributed by atoms with van der Waals surface area (Å²) < 4.78 is 0. The van der Waals surface area contributed by atoms with Crippen LogP contribution in [0.4, 0.5) is 0 Å². The van der Waals surface area contributed by atoms with Gasteiger partial charge in [-0.05, 0) is 38.3 Å². The molecule has 1 aliphatic rings. The molecule has 0 unspecified atom stereocenters. The minimum Gasteiger partial charge on any atom is -0.314 e. The first kappa shape index (κ1) is 14.3. The minimum atomic E-state index is 0.486. The fourth-order valence-corrected chi connectivity index (χ4v) is 2.88. The molecule has 0 radical (unpaired) electrons. The molecule has 0 bridgehead atoms. The standard InChI is InChI=1S/C17H26N2/c1-13(2)11-17(19-9-7-18-8-10-19)16-12-14(3)5-6-15(16)4/h5-6,12,17-18H,1,7-11H2,2-4H3/t17-/m1/s1. The Kier molecular flexibility index (Phi) is 4.78. The van der Waals surface area contributed by atoms with E-state index in [4.69, 9.17) is 0 Å². The van der Waals surface area contributed by atoms with Gasteiger partial charge in [-0.2, -0.15) is 0 Å². The largest absolute Gasteiger partial charge is 0.314 e. The summed E-state index contributed by atoms with van der Waals surface area (Å²) in [4.78, 5) is 2.60. The molecule has 0 aromatic heterocycles. The van der Waals surface area contributed by atoms with Crippen molar-refractivity contribution in [1.29, 1.82) is 0 Å². The summed E-state index contributed by atoms with van der Waals surface area (Å²) >= 11 is 0. The van der Waals surface area contributed by atoms with E-state index in [0.717, 1.165) is 32.6 Å². The monoisotopic (exact) mass is 258 g/mol. The van der Waals surface area contributed by atoms with Gasteiger partial charge in [0.05, 0.1) is 0 Å². The van der Waals surface area contributed by atoms with Crippen LogP contribution in [0.5, 0.6) is 0 Å². The van der Waals surface area contributed by atoms with Gasteiger partial charge in [-0.1, -0.05) is 29.3 Å². The zero-order valence-electron chi connectivity index (χ0n) is 12.5. The van der Waals surface area contributed by atoms with Crippen molar-refractivity contribution < 1.29 is 0 Å². The Morgan fingerprint density at radius 1 is 1.32 bits per heavy atom. The number of hydrogen-bond donors (Lipinski definition) is 1. The van der Waals surface area contributed by atoms with Crippen LogP contribution in [-0.4, -0.2) is 31.1 Å². The van der Waals surface area contributed by atoms with Crippen molar-refractivity contribution in [1.82, 2.24) is 10.2 Å². The Balaban J connectivity index is 2.29.